The lowest BCUT2D eigenvalue weighted by molar-refractivity contribution is -0.143. The first-order chi connectivity index (χ1) is 11.0. The van der Waals surface area contributed by atoms with Gasteiger partial charge >= 0.3 is 5.97 Å². The molecule has 0 aromatic rings. The zero-order valence-electron chi connectivity index (χ0n) is 15.1. The van der Waals surface area contributed by atoms with Crippen LogP contribution in [0.3, 0.4) is 0 Å². The molecule has 4 atom stereocenters. The van der Waals surface area contributed by atoms with Crippen LogP contribution in [0.5, 0.6) is 0 Å². The number of aliphatic hydroxyl groups is 1. The Bertz CT molecular complexity index is 437. The van der Waals surface area contributed by atoms with Crippen LogP contribution in [0.25, 0.3) is 0 Å². The number of hydrogen-bond acceptors (Lipinski definition) is 5. The minimum atomic E-state index is -1.26. The fraction of sp³-hybridized carbons (Fsp3) is 0.812. The van der Waals surface area contributed by atoms with Crippen LogP contribution in [-0.2, 0) is 14.4 Å². The van der Waals surface area contributed by atoms with E-state index < -0.39 is 42.0 Å². The summed E-state index contributed by atoms with van der Waals surface area (Å²) in [6.07, 6.45) is -0.506. The minimum absolute atomic E-state index is 0.0606. The molecule has 0 saturated carbocycles. The molecule has 0 rings (SSSR count). The van der Waals surface area contributed by atoms with Crippen LogP contribution >= 0.6 is 0 Å². The number of carboxylic acids is 1. The van der Waals surface area contributed by atoms with Crippen molar-refractivity contribution in [3.63, 3.8) is 0 Å². The van der Waals surface area contributed by atoms with E-state index in [2.05, 4.69) is 10.6 Å². The largest absolute Gasteiger partial charge is 0.480 e. The number of aliphatic carboxylic acids is 1. The number of nitrogens with two attached hydrogens (primary N) is 1. The number of carbonyl (C=O) groups is 3. The van der Waals surface area contributed by atoms with E-state index in [1.54, 1.807) is 0 Å². The molecule has 0 aliphatic heterocycles. The van der Waals surface area contributed by atoms with Crippen molar-refractivity contribution in [2.75, 3.05) is 0 Å². The predicted molar refractivity (Wildman–Crippen MR) is 90.1 cm³/mol. The molecule has 2 amide bonds. The van der Waals surface area contributed by atoms with Crippen molar-refractivity contribution in [3.8, 4) is 0 Å². The molecule has 6 N–H and O–H groups in total. The molecule has 0 radical (unpaired) electrons. The number of rotatable bonds is 10. The van der Waals surface area contributed by atoms with E-state index in [-0.39, 0.29) is 18.3 Å². The third-order valence-electron chi connectivity index (χ3n) is 3.45. The average Bonchev–Trinajstić information content (AvgIpc) is 2.41. The van der Waals surface area contributed by atoms with Crippen molar-refractivity contribution < 1.29 is 24.6 Å². The van der Waals surface area contributed by atoms with Gasteiger partial charge < -0.3 is 26.6 Å². The second kappa shape index (κ2) is 10.2. The van der Waals surface area contributed by atoms with Crippen LogP contribution in [0.15, 0.2) is 0 Å². The Balaban J connectivity index is 4.94. The number of carbonyl (C=O) groups excluding carboxylic acids is 2. The first-order valence-electron chi connectivity index (χ1n) is 8.22. The van der Waals surface area contributed by atoms with E-state index in [0.717, 1.165) is 0 Å². The maximum Gasteiger partial charge on any atom is 0.326 e. The highest BCUT2D eigenvalue weighted by molar-refractivity contribution is 5.92. The first kappa shape index (κ1) is 22.3. The standard InChI is InChI=1S/C16H31N3O5/c1-8(2)6-11(17)14(21)19-13(10(5)20)15(22)18-12(16(23)24)7-9(3)4/h8-13,20H,6-7,17H2,1-5H3,(H,18,22)(H,19,21)(H,23,24)/t10-,11+,12+,13+/m1/s1. The van der Waals surface area contributed by atoms with Crippen LogP contribution in [-0.4, -0.2) is 52.2 Å². The second-order valence-electron chi connectivity index (χ2n) is 6.99. The zero-order chi connectivity index (χ0) is 19.0. The van der Waals surface area contributed by atoms with Gasteiger partial charge in [-0.2, -0.15) is 0 Å². The summed E-state index contributed by atoms with van der Waals surface area (Å²) in [7, 11) is 0. The first-order valence-corrected chi connectivity index (χ1v) is 8.22. The SMILES string of the molecule is CC(C)C[C@H](NC(=O)[C@@H](NC(=O)[C@@H](N)CC(C)C)[C@@H](C)O)C(=O)O. The van der Waals surface area contributed by atoms with Crippen molar-refractivity contribution in [2.24, 2.45) is 17.6 Å². The molecule has 0 unspecified atom stereocenters. The lowest BCUT2D eigenvalue weighted by Crippen LogP contribution is -2.58. The normalized spacial score (nSPS) is 16.4. The summed E-state index contributed by atoms with van der Waals surface area (Å²) in [6.45, 7) is 8.84. The van der Waals surface area contributed by atoms with Gasteiger partial charge in [-0.1, -0.05) is 27.7 Å². The molecule has 140 valence electrons. The summed E-state index contributed by atoms with van der Waals surface area (Å²) < 4.78 is 0. The van der Waals surface area contributed by atoms with Crippen molar-refractivity contribution in [1.82, 2.24) is 10.6 Å². The van der Waals surface area contributed by atoms with Crippen LogP contribution in [0.4, 0.5) is 0 Å². The number of aliphatic hydroxyl groups excluding tert-OH is 1. The molecule has 0 aromatic heterocycles. The minimum Gasteiger partial charge on any atom is -0.480 e. The van der Waals surface area contributed by atoms with E-state index in [1.807, 2.05) is 27.7 Å². The maximum atomic E-state index is 12.3. The van der Waals surface area contributed by atoms with Crippen molar-refractivity contribution >= 4 is 17.8 Å². The van der Waals surface area contributed by atoms with Gasteiger partial charge in [0.15, 0.2) is 0 Å². The molecule has 0 aromatic carbocycles. The van der Waals surface area contributed by atoms with E-state index in [4.69, 9.17) is 5.73 Å². The van der Waals surface area contributed by atoms with Crippen LogP contribution in [0.2, 0.25) is 0 Å². The number of carboxylic acid groups (broad SMARTS) is 1. The zero-order valence-corrected chi connectivity index (χ0v) is 15.1. The molecule has 0 bridgehead atoms. The van der Waals surface area contributed by atoms with Gasteiger partial charge in [0.05, 0.1) is 12.1 Å². The lowest BCUT2D eigenvalue weighted by atomic mass is 10.0. The molecule has 8 heteroatoms. The number of amides is 2. The summed E-state index contributed by atoms with van der Waals surface area (Å²) in [5, 5.41) is 23.7. The van der Waals surface area contributed by atoms with Crippen molar-refractivity contribution in [3.05, 3.63) is 0 Å². The van der Waals surface area contributed by atoms with E-state index in [0.29, 0.717) is 6.42 Å². The Morgan fingerprint density at radius 3 is 1.79 bits per heavy atom. The van der Waals surface area contributed by atoms with Gasteiger partial charge in [-0.25, -0.2) is 4.79 Å². The van der Waals surface area contributed by atoms with Gasteiger partial charge in [0.1, 0.15) is 12.1 Å². The third kappa shape index (κ3) is 8.26. The monoisotopic (exact) mass is 345 g/mol. The fourth-order valence-electron chi connectivity index (χ4n) is 2.23. The molecular formula is C16H31N3O5. The average molecular weight is 345 g/mol. The Morgan fingerprint density at radius 1 is 0.917 bits per heavy atom. The Kier molecular flexibility index (Phi) is 9.53. The summed E-state index contributed by atoms with van der Waals surface area (Å²) >= 11 is 0. The Hall–Kier alpha value is -1.67. The van der Waals surface area contributed by atoms with Gasteiger partial charge in [-0.3, -0.25) is 9.59 Å². The van der Waals surface area contributed by atoms with Crippen molar-refractivity contribution in [1.29, 1.82) is 0 Å². The fourth-order valence-corrected chi connectivity index (χ4v) is 2.23. The highest BCUT2D eigenvalue weighted by Gasteiger charge is 2.31. The third-order valence-corrected chi connectivity index (χ3v) is 3.45. The molecular weight excluding hydrogens is 314 g/mol. The van der Waals surface area contributed by atoms with Gasteiger partial charge in [-0.05, 0) is 31.6 Å². The molecule has 24 heavy (non-hydrogen) atoms. The van der Waals surface area contributed by atoms with E-state index >= 15 is 0 Å². The second-order valence-corrected chi connectivity index (χ2v) is 6.99. The summed E-state index contributed by atoms with van der Waals surface area (Å²) in [6, 6.07) is -3.14. The molecule has 0 heterocycles. The maximum absolute atomic E-state index is 12.3. The highest BCUT2D eigenvalue weighted by Crippen LogP contribution is 2.07. The molecule has 0 spiro atoms. The Morgan fingerprint density at radius 2 is 1.42 bits per heavy atom. The van der Waals surface area contributed by atoms with Crippen LogP contribution in [0.1, 0.15) is 47.5 Å². The molecule has 8 nitrogen and oxygen atoms in total. The molecule has 0 aliphatic carbocycles. The quantitative estimate of drug-likeness (QED) is 0.372. The summed E-state index contributed by atoms with van der Waals surface area (Å²) in [5.74, 6) is -2.20. The van der Waals surface area contributed by atoms with Crippen LogP contribution < -0.4 is 16.4 Å². The topological polar surface area (TPSA) is 142 Å². The van der Waals surface area contributed by atoms with Gasteiger partial charge in [0.25, 0.3) is 0 Å². The van der Waals surface area contributed by atoms with Crippen molar-refractivity contribution in [2.45, 2.75) is 71.7 Å². The van der Waals surface area contributed by atoms with Crippen LogP contribution in [0, 0.1) is 11.8 Å². The van der Waals surface area contributed by atoms with E-state index in [9.17, 15) is 24.6 Å². The number of hydrogen-bond donors (Lipinski definition) is 5. The molecule has 0 fully saturated rings. The molecule has 0 aliphatic rings. The smallest absolute Gasteiger partial charge is 0.326 e. The number of nitrogens with one attached hydrogen (secondary N) is 2. The van der Waals surface area contributed by atoms with Gasteiger partial charge in [0.2, 0.25) is 11.8 Å². The molecule has 0 saturated heterocycles. The van der Waals surface area contributed by atoms with E-state index in [1.165, 1.54) is 6.92 Å². The van der Waals surface area contributed by atoms with Gasteiger partial charge in [-0.15, -0.1) is 0 Å². The highest BCUT2D eigenvalue weighted by atomic mass is 16.4. The lowest BCUT2D eigenvalue weighted by Gasteiger charge is -2.25. The summed E-state index contributed by atoms with van der Waals surface area (Å²) in [4.78, 5) is 35.6. The predicted octanol–water partition coefficient (Wildman–Crippen LogP) is -0.159. The summed E-state index contributed by atoms with van der Waals surface area (Å²) in [5.41, 5.74) is 5.76. The van der Waals surface area contributed by atoms with Gasteiger partial charge in [0, 0.05) is 0 Å². The Labute approximate surface area is 143 Å².